The van der Waals surface area contributed by atoms with Crippen molar-refractivity contribution in [1.82, 2.24) is 14.9 Å². The monoisotopic (exact) mass is 424 g/mol. The van der Waals surface area contributed by atoms with Crippen LogP contribution in [0.1, 0.15) is 32.2 Å². The van der Waals surface area contributed by atoms with Gasteiger partial charge in [-0.2, -0.15) is 0 Å². The molecule has 7 nitrogen and oxygen atoms in total. The van der Waals surface area contributed by atoms with Gasteiger partial charge in [0.25, 0.3) is 0 Å². The molecule has 0 saturated heterocycles. The highest BCUT2D eigenvalue weighted by Gasteiger charge is 2.16. The fourth-order valence-corrected chi connectivity index (χ4v) is 3.39. The quantitative estimate of drug-likeness (QED) is 0.603. The molecule has 0 aliphatic carbocycles. The van der Waals surface area contributed by atoms with Crippen molar-refractivity contribution >= 4 is 27.2 Å². The molecule has 0 saturated carbocycles. The normalized spacial score (nSPS) is 12.9. The second kappa shape index (κ2) is 9.82. The molecule has 0 fully saturated rings. The van der Waals surface area contributed by atoms with Crippen molar-refractivity contribution in [3.05, 3.63) is 29.6 Å². The van der Waals surface area contributed by atoms with Crippen molar-refractivity contribution < 1.29 is 14.3 Å². The van der Waals surface area contributed by atoms with Gasteiger partial charge in [-0.15, -0.1) is 0 Å². The van der Waals surface area contributed by atoms with E-state index in [4.69, 9.17) is 15.2 Å². The average Bonchev–Trinajstić information content (AvgIpc) is 2.93. The molecule has 0 radical (unpaired) electrons. The van der Waals surface area contributed by atoms with Crippen molar-refractivity contribution in [3.63, 3.8) is 0 Å². The van der Waals surface area contributed by atoms with Crippen molar-refractivity contribution in [1.29, 1.82) is 0 Å². The number of alkyl carbamates (subject to hydrolysis) is 1. The second-order valence-corrected chi connectivity index (χ2v) is 13.6. The third-order valence-corrected chi connectivity index (χ3v) is 5.61. The van der Waals surface area contributed by atoms with E-state index in [2.05, 4.69) is 35.1 Å². The summed E-state index contributed by atoms with van der Waals surface area (Å²) >= 11 is 0. The number of nitrogens with one attached hydrogen (secondary N) is 1. The topological polar surface area (TPSA) is 91.4 Å². The van der Waals surface area contributed by atoms with Crippen molar-refractivity contribution in [2.75, 3.05) is 37.7 Å². The molecule has 1 aromatic heterocycles. The Kier molecular flexibility index (Phi) is 7.96. The summed E-state index contributed by atoms with van der Waals surface area (Å²) < 4.78 is 13.2. The number of carbonyl (C=O) groups is 1. The minimum Gasteiger partial charge on any atom is -0.444 e. The number of amides is 1. The van der Waals surface area contributed by atoms with E-state index < -0.39 is 21.7 Å². The molecule has 1 heterocycles. The Labute approximate surface area is 175 Å². The molecular weight excluding hydrogens is 388 g/mol. The number of nitrogens with two attached hydrogens (primary N) is 1. The highest BCUT2D eigenvalue weighted by molar-refractivity contribution is 8.32. The van der Waals surface area contributed by atoms with E-state index in [9.17, 15) is 4.79 Å². The van der Waals surface area contributed by atoms with E-state index >= 15 is 0 Å². The van der Waals surface area contributed by atoms with Crippen molar-refractivity contribution in [3.8, 4) is 0 Å². The van der Waals surface area contributed by atoms with E-state index in [1.807, 2.05) is 37.5 Å². The lowest BCUT2D eigenvalue weighted by molar-refractivity contribution is 0.0528. The zero-order valence-electron chi connectivity index (χ0n) is 18.6. The summed E-state index contributed by atoms with van der Waals surface area (Å²) in [6.07, 6.45) is 7.15. The zero-order chi connectivity index (χ0) is 21.7. The zero-order valence-corrected chi connectivity index (χ0v) is 19.4. The molecule has 1 aromatic carbocycles. The molecule has 2 rings (SSSR count). The van der Waals surface area contributed by atoms with Gasteiger partial charge in [0.2, 0.25) is 0 Å². The fraction of sp³-hybridized carbons (Fsp3) is 0.619. The highest BCUT2D eigenvalue weighted by Crippen LogP contribution is 2.33. The molecule has 1 amide bonds. The molecule has 0 aliphatic rings. The number of rotatable bonds is 9. The first kappa shape index (κ1) is 23.5. The largest absolute Gasteiger partial charge is 0.444 e. The van der Waals surface area contributed by atoms with Gasteiger partial charge >= 0.3 is 6.09 Å². The number of hydrogen-bond acceptors (Lipinski definition) is 5. The lowest BCUT2D eigenvalue weighted by Crippen LogP contribution is -2.33. The van der Waals surface area contributed by atoms with Gasteiger partial charge in [0.05, 0.1) is 24.2 Å². The molecule has 3 N–H and O–H groups in total. The number of hydrogen-bond donors (Lipinski definition) is 2. The standard InChI is InChI=1S/C21H36N4O3S/c1-21(2,3)28-20(26)23-10-9-16-7-8-18-17(13-16)24-19(14-22)25(18)15-27-11-12-29(4,5)6/h7-8,13H,9-12,14-15,22H2,1-6H3,(H,23,26). The van der Waals surface area contributed by atoms with E-state index in [0.717, 1.165) is 34.8 Å². The first-order chi connectivity index (χ1) is 13.5. The predicted molar refractivity (Wildman–Crippen MR) is 122 cm³/mol. The maximum Gasteiger partial charge on any atom is 0.407 e. The van der Waals surface area contributed by atoms with Crippen molar-refractivity contribution in [2.24, 2.45) is 5.73 Å². The smallest absolute Gasteiger partial charge is 0.407 e. The van der Waals surface area contributed by atoms with Crippen LogP contribution in [0.2, 0.25) is 0 Å². The van der Waals surface area contributed by atoms with Gasteiger partial charge < -0.3 is 25.1 Å². The molecule has 164 valence electrons. The maximum atomic E-state index is 11.8. The number of aromatic nitrogens is 2. The second-order valence-electron chi connectivity index (χ2n) is 8.99. The Bertz CT molecular complexity index is 822. The van der Waals surface area contributed by atoms with Crippen LogP contribution in [0.25, 0.3) is 11.0 Å². The summed E-state index contributed by atoms with van der Waals surface area (Å²) in [6, 6.07) is 6.14. The summed E-state index contributed by atoms with van der Waals surface area (Å²) in [4.78, 5) is 16.4. The molecular formula is C21H36N4O3S. The van der Waals surface area contributed by atoms with Gasteiger partial charge in [-0.25, -0.2) is 19.8 Å². The number of nitrogens with zero attached hydrogens (tertiary/aromatic N) is 2. The molecule has 0 aliphatic heterocycles. The van der Waals surface area contributed by atoms with Gasteiger partial charge in [-0.05, 0) is 63.7 Å². The SMILES string of the molecule is CC(C)(C)OC(=O)NCCc1ccc2c(c1)nc(CN)n2COCCS(C)(C)C. The summed E-state index contributed by atoms with van der Waals surface area (Å²) in [5.74, 6) is 1.89. The van der Waals surface area contributed by atoms with Crippen LogP contribution < -0.4 is 11.1 Å². The van der Waals surface area contributed by atoms with Crippen LogP contribution >= 0.6 is 10.0 Å². The fourth-order valence-electron chi connectivity index (χ4n) is 2.77. The summed E-state index contributed by atoms with van der Waals surface area (Å²) in [6.45, 7) is 7.59. The number of carbonyl (C=O) groups excluding carboxylic acids is 1. The van der Waals surface area contributed by atoms with Gasteiger partial charge in [-0.3, -0.25) is 0 Å². The van der Waals surface area contributed by atoms with Crippen LogP contribution in [-0.2, 0) is 29.2 Å². The molecule has 29 heavy (non-hydrogen) atoms. The Hall–Kier alpha value is -1.77. The van der Waals surface area contributed by atoms with Crippen LogP contribution in [0, 0.1) is 0 Å². The number of benzene rings is 1. The van der Waals surface area contributed by atoms with Gasteiger partial charge in [0.15, 0.2) is 0 Å². The lowest BCUT2D eigenvalue weighted by atomic mass is 10.1. The molecule has 0 atom stereocenters. The molecule has 8 heteroatoms. The average molecular weight is 425 g/mol. The van der Waals surface area contributed by atoms with Crippen LogP contribution in [0.3, 0.4) is 0 Å². The summed E-state index contributed by atoms with van der Waals surface area (Å²) in [7, 11) is -0.568. The highest BCUT2D eigenvalue weighted by atomic mass is 32.3. The predicted octanol–water partition coefficient (Wildman–Crippen LogP) is 3.23. The van der Waals surface area contributed by atoms with Gasteiger partial charge in [0, 0.05) is 12.3 Å². The van der Waals surface area contributed by atoms with Crippen LogP contribution in [-0.4, -0.2) is 58.9 Å². The Morgan fingerprint density at radius 1 is 1.28 bits per heavy atom. The Morgan fingerprint density at radius 3 is 2.62 bits per heavy atom. The minimum absolute atomic E-state index is 0.359. The number of imidazole rings is 1. The van der Waals surface area contributed by atoms with Gasteiger partial charge in [-0.1, -0.05) is 6.07 Å². The lowest BCUT2D eigenvalue weighted by Gasteiger charge is -2.24. The van der Waals surface area contributed by atoms with E-state index in [1.165, 1.54) is 0 Å². The third-order valence-electron chi connectivity index (χ3n) is 4.22. The van der Waals surface area contributed by atoms with Gasteiger partial charge in [0.1, 0.15) is 18.2 Å². The number of ether oxygens (including phenoxy) is 2. The molecule has 2 aromatic rings. The first-order valence-corrected chi connectivity index (χ1v) is 12.9. The van der Waals surface area contributed by atoms with E-state index in [0.29, 0.717) is 26.2 Å². The van der Waals surface area contributed by atoms with Crippen LogP contribution in [0.5, 0.6) is 0 Å². The molecule has 0 bridgehead atoms. The minimum atomic E-state index is -0.568. The van der Waals surface area contributed by atoms with Crippen LogP contribution in [0.4, 0.5) is 4.79 Å². The summed E-state index contributed by atoms with van der Waals surface area (Å²) in [5.41, 5.74) is 8.40. The third kappa shape index (κ3) is 7.87. The van der Waals surface area contributed by atoms with E-state index in [-0.39, 0.29) is 0 Å². The number of fused-ring (bicyclic) bond motifs is 1. The van der Waals surface area contributed by atoms with Crippen LogP contribution in [0.15, 0.2) is 18.2 Å². The molecule has 0 spiro atoms. The first-order valence-electron chi connectivity index (χ1n) is 9.87. The Morgan fingerprint density at radius 2 is 2.00 bits per heavy atom. The van der Waals surface area contributed by atoms with E-state index in [1.54, 1.807) is 0 Å². The summed E-state index contributed by atoms with van der Waals surface area (Å²) in [5, 5.41) is 2.79. The Balaban J connectivity index is 1.98. The maximum absolute atomic E-state index is 11.8. The molecule has 0 unspecified atom stereocenters. The van der Waals surface area contributed by atoms with Crippen molar-refractivity contribution in [2.45, 2.75) is 46.1 Å².